The van der Waals surface area contributed by atoms with E-state index >= 15 is 0 Å². The first-order chi connectivity index (χ1) is 13.0. The molecule has 1 saturated carbocycles. The molecule has 1 aromatic heterocycles. The molecule has 1 unspecified atom stereocenters. The first kappa shape index (κ1) is 20.2. The van der Waals surface area contributed by atoms with E-state index in [0.29, 0.717) is 16.9 Å². The molecule has 1 aromatic carbocycles. The minimum absolute atomic E-state index is 0.191. The lowest BCUT2D eigenvalue weighted by Gasteiger charge is -2.35. The highest BCUT2D eigenvalue weighted by Crippen LogP contribution is 2.31. The number of rotatable bonds is 6. The van der Waals surface area contributed by atoms with Crippen molar-refractivity contribution in [2.45, 2.75) is 62.4 Å². The monoisotopic (exact) mass is 406 g/mol. The van der Waals surface area contributed by atoms with Crippen molar-refractivity contribution in [2.24, 2.45) is 7.05 Å². The lowest BCUT2D eigenvalue weighted by atomic mass is 9.94. The van der Waals surface area contributed by atoms with E-state index in [1.807, 2.05) is 42.8 Å². The molecule has 0 bridgehead atoms. The number of hydrogen-bond donors (Lipinski definition) is 0. The van der Waals surface area contributed by atoms with Crippen molar-refractivity contribution >= 4 is 29.3 Å². The summed E-state index contributed by atoms with van der Waals surface area (Å²) in [5.74, 6) is 0.902. The van der Waals surface area contributed by atoms with Crippen LogP contribution < -0.4 is 0 Å². The SMILES string of the molecule is CCN(C(=O)C(C)Sc1nnc(-c2ccccc2Cl)n1C)C1CCCCC1. The molecular weight excluding hydrogens is 380 g/mol. The molecule has 1 atom stereocenters. The van der Waals surface area contributed by atoms with Gasteiger partial charge in [0.15, 0.2) is 11.0 Å². The smallest absolute Gasteiger partial charge is 0.236 e. The summed E-state index contributed by atoms with van der Waals surface area (Å²) in [5.41, 5.74) is 0.845. The average Bonchev–Trinajstić information content (AvgIpc) is 3.04. The molecule has 1 amide bonds. The van der Waals surface area contributed by atoms with Gasteiger partial charge in [0.1, 0.15) is 0 Å². The molecule has 0 saturated heterocycles. The second kappa shape index (κ2) is 9.11. The number of carbonyl (C=O) groups is 1. The van der Waals surface area contributed by atoms with Gasteiger partial charge in [-0.3, -0.25) is 4.79 Å². The Morgan fingerprint density at radius 3 is 2.67 bits per heavy atom. The molecule has 3 rings (SSSR count). The van der Waals surface area contributed by atoms with Gasteiger partial charge in [-0.25, -0.2) is 0 Å². The highest BCUT2D eigenvalue weighted by atomic mass is 35.5. The van der Waals surface area contributed by atoms with Gasteiger partial charge < -0.3 is 9.47 Å². The van der Waals surface area contributed by atoms with Crippen LogP contribution >= 0.6 is 23.4 Å². The van der Waals surface area contributed by atoms with Crippen molar-refractivity contribution in [2.75, 3.05) is 6.54 Å². The van der Waals surface area contributed by atoms with Gasteiger partial charge in [0.25, 0.3) is 0 Å². The van der Waals surface area contributed by atoms with Gasteiger partial charge in [-0.05, 0) is 38.8 Å². The lowest BCUT2D eigenvalue weighted by Crippen LogP contribution is -2.44. The molecule has 0 aliphatic heterocycles. The quantitative estimate of drug-likeness (QED) is 0.646. The van der Waals surface area contributed by atoms with Crippen LogP contribution in [0.4, 0.5) is 0 Å². The summed E-state index contributed by atoms with van der Waals surface area (Å²) in [5, 5.41) is 9.77. The molecular formula is C20H27ClN4OS. The number of nitrogens with zero attached hydrogens (tertiary/aromatic N) is 4. The van der Waals surface area contributed by atoms with E-state index in [2.05, 4.69) is 22.0 Å². The topological polar surface area (TPSA) is 51.0 Å². The van der Waals surface area contributed by atoms with Crippen molar-refractivity contribution in [1.29, 1.82) is 0 Å². The Labute approximate surface area is 170 Å². The first-order valence-electron chi connectivity index (χ1n) is 9.64. The minimum atomic E-state index is -0.200. The van der Waals surface area contributed by atoms with Crippen molar-refractivity contribution < 1.29 is 4.79 Å². The number of carbonyl (C=O) groups excluding carboxylic acids is 1. The van der Waals surface area contributed by atoms with E-state index in [-0.39, 0.29) is 11.2 Å². The maximum absolute atomic E-state index is 13.0. The summed E-state index contributed by atoms with van der Waals surface area (Å²) in [4.78, 5) is 15.1. The third-order valence-electron chi connectivity index (χ3n) is 5.22. The zero-order valence-corrected chi connectivity index (χ0v) is 17.8. The standard InChI is InChI=1S/C20H27ClN4OS/c1-4-25(15-10-6-5-7-11-15)19(26)14(2)27-20-23-22-18(24(20)3)16-12-8-9-13-17(16)21/h8-9,12-15H,4-7,10-11H2,1-3H3. The van der Waals surface area contributed by atoms with Gasteiger partial charge in [0.05, 0.1) is 10.3 Å². The van der Waals surface area contributed by atoms with Crippen molar-refractivity contribution in [3.63, 3.8) is 0 Å². The molecule has 7 heteroatoms. The maximum Gasteiger partial charge on any atom is 0.236 e. The highest BCUT2D eigenvalue weighted by molar-refractivity contribution is 8.00. The average molecular weight is 407 g/mol. The normalized spacial score (nSPS) is 16.3. The van der Waals surface area contributed by atoms with E-state index < -0.39 is 0 Å². The van der Waals surface area contributed by atoms with E-state index in [0.717, 1.165) is 30.1 Å². The van der Waals surface area contributed by atoms with Gasteiger partial charge in [-0.1, -0.05) is 54.8 Å². The molecule has 0 N–H and O–H groups in total. The van der Waals surface area contributed by atoms with Gasteiger partial charge in [-0.2, -0.15) is 0 Å². The van der Waals surface area contributed by atoms with Crippen molar-refractivity contribution in [3.05, 3.63) is 29.3 Å². The molecule has 0 spiro atoms. The summed E-state index contributed by atoms with van der Waals surface area (Å²) >= 11 is 7.76. The predicted octanol–water partition coefficient (Wildman–Crippen LogP) is 4.80. The number of thioether (sulfide) groups is 1. The Morgan fingerprint density at radius 1 is 1.30 bits per heavy atom. The third-order valence-corrected chi connectivity index (χ3v) is 6.67. The van der Waals surface area contributed by atoms with E-state index in [9.17, 15) is 4.79 Å². The molecule has 0 radical (unpaired) electrons. The van der Waals surface area contributed by atoms with Crippen LogP contribution in [0.5, 0.6) is 0 Å². The van der Waals surface area contributed by atoms with Crippen LogP contribution in [0.15, 0.2) is 29.4 Å². The van der Waals surface area contributed by atoms with Crippen LogP contribution in [0.2, 0.25) is 5.02 Å². The minimum Gasteiger partial charge on any atom is -0.339 e. The second-order valence-electron chi connectivity index (χ2n) is 7.02. The van der Waals surface area contributed by atoms with E-state index in [1.54, 1.807) is 0 Å². The molecule has 27 heavy (non-hydrogen) atoms. The van der Waals surface area contributed by atoms with Gasteiger partial charge in [0.2, 0.25) is 5.91 Å². The Hall–Kier alpha value is -1.53. The summed E-state index contributed by atoms with van der Waals surface area (Å²) in [7, 11) is 1.91. The maximum atomic E-state index is 13.0. The Balaban J connectivity index is 1.73. The zero-order chi connectivity index (χ0) is 19.4. The van der Waals surface area contributed by atoms with Crippen molar-refractivity contribution in [3.8, 4) is 11.4 Å². The van der Waals surface area contributed by atoms with Crippen LogP contribution in [0.25, 0.3) is 11.4 Å². The Bertz CT molecular complexity index is 788. The van der Waals surface area contributed by atoms with Gasteiger partial charge >= 0.3 is 0 Å². The zero-order valence-electron chi connectivity index (χ0n) is 16.2. The number of hydrogen-bond acceptors (Lipinski definition) is 4. The van der Waals surface area contributed by atoms with E-state index in [1.165, 1.54) is 31.0 Å². The molecule has 1 heterocycles. The molecule has 2 aromatic rings. The summed E-state index contributed by atoms with van der Waals surface area (Å²) in [6.45, 7) is 4.79. The lowest BCUT2D eigenvalue weighted by molar-refractivity contribution is -0.133. The van der Waals surface area contributed by atoms with Gasteiger partial charge in [0, 0.05) is 25.2 Å². The number of amides is 1. The first-order valence-corrected chi connectivity index (χ1v) is 10.9. The van der Waals surface area contributed by atoms with Gasteiger partial charge in [-0.15, -0.1) is 10.2 Å². The largest absolute Gasteiger partial charge is 0.339 e. The number of aromatic nitrogens is 3. The molecule has 1 fully saturated rings. The molecule has 1 aliphatic carbocycles. The number of halogens is 1. The molecule has 5 nitrogen and oxygen atoms in total. The highest BCUT2D eigenvalue weighted by Gasteiger charge is 2.29. The van der Waals surface area contributed by atoms with E-state index in [4.69, 9.17) is 11.6 Å². The Kier molecular flexibility index (Phi) is 6.82. The van der Waals surface area contributed by atoms with Crippen LogP contribution in [-0.2, 0) is 11.8 Å². The summed E-state index contributed by atoms with van der Waals surface area (Å²) in [6.07, 6.45) is 5.98. The van der Waals surface area contributed by atoms with Crippen LogP contribution in [-0.4, -0.2) is 43.4 Å². The van der Waals surface area contributed by atoms with Crippen LogP contribution in [0, 0.1) is 0 Å². The number of benzene rings is 1. The Morgan fingerprint density at radius 2 is 2.00 bits per heavy atom. The fourth-order valence-corrected chi connectivity index (χ4v) is 4.83. The summed E-state index contributed by atoms with van der Waals surface area (Å²) < 4.78 is 1.91. The summed E-state index contributed by atoms with van der Waals surface area (Å²) in [6, 6.07) is 7.98. The predicted molar refractivity (Wildman–Crippen MR) is 111 cm³/mol. The molecule has 146 valence electrons. The fraction of sp³-hybridized carbons (Fsp3) is 0.550. The van der Waals surface area contributed by atoms with Crippen LogP contribution in [0.3, 0.4) is 0 Å². The van der Waals surface area contributed by atoms with Crippen molar-refractivity contribution in [1.82, 2.24) is 19.7 Å². The third kappa shape index (κ3) is 4.49. The fourth-order valence-electron chi connectivity index (χ4n) is 3.72. The second-order valence-corrected chi connectivity index (χ2v) is 8.74. The molecule has 1 aliphatic rings. The van der Waals surface area contributed by atoms with Crippen LogP contribution in [0.1, 0.15) is 46.0 Å².